The van der Waals surface area contributed by atoms with E-state index >= 15 is 0 Å². The minimum absolute atomic E-state index is 0.749. The molecular formula is C10H17N3. The number of nitrogens with one attached hydrogen (secondary N) is 2. The van der Waals surface area contributed by atoms with Gasteiger partial charge in [-0.05, 0) is 26.3 Å². The molecule has 0 unspecified atom stereocenters. The maximum absolute atomic E-state index is 4.37. The van der Waals surface area contributed by atoms with Gasteiger partial charge in [0.1, 0.15) is 0 Å². The molecule has 1 aromatic rings. The molecule has 0 radical (unpaired) electrons. The van der Waals surface area contributed by atoms with E-state index in [0.717, 1.165) is 19.0 Å². The minimum atomic E-state index is 0.749. The third kappa shape index (κ3) is 1.75. The summed E-state index contributed by atoms with van der Waals surface area (Å²) in [6.45, 7) is 6.22. The molecule has 0 aliphatic heterocycles. The Bertz CT molecular complexity index is 286. The molecule has 0 spiro atoms. The topological polar surface area (TPSA) is 40.7 Å². The van der Waals surface area contributed by atoms with Crippen molar-refractivity contribution in [1.29, 1.82) is 0 Å². The third-order valence-corrected chi connectivity index (χ3v) is 2.62. The number of aromatic nitrogens is 2. The molecule has 13 heavy (non-hydrogen) atoms. The van der Waals surface area contributed by atoms with Crippen LogP contribution in [0.4, 0.5) is 0 Å². The molecule has 1 aliphatic carbocycles. The van der Waals surface area contributed by atoms with Crippen LogP contribution in [0.5, 0.6) is 0 Å². The van der Waals surface area contributed by atoms with E-state index in [0.29, 0.717) is 0 Å². The van der Waals surface area contributed by atoms with E-state index in [1.807, 2.05) is 0 Å². The Hall–Kier alpha value is -0.830. The van der Waals surface area contributed by atoms with E-state index < -0.39 is 0 Å². The van der Waals surface area contributed by atoms with E-state index in [1.165, 1.54) is 29.8 Å². The van der Waals surface area contributed by atoms with Gasteiger partial charge in [0.15, 0.2) is 0 Å². The Balaban J connectivity index is 2.14. The quantitative estimate of drug-likeness (QED) is 0.738. The smallest absolute Gasteiger partial charge is 0.0700 e. The largest absolute Gasteiger partial charge is 0.313 e. The molecule has 0 saturated heterocycles. The molecular weight excluding hydrogens is 162 g/mol. The summed E-state index contributed by atoms with van der Waals surface area (Å²) in [5, 5.41) is 10.8. The zero-order valence-corrected chi connectivity index (χ0v) is 8.35. The molecule has 0 bridgehead atoms. The molecule has 0 atom stereocenters. The lowest BCUT2D eigenvalue weighted by Gasteiger charge is -2.02. The standard InChI is InChI=1S/C10H17N3/c1-3-11-6-9-7(2)12-13-10(9)8-4-5-8/h8,11H,3-6H2,1-2H3,(H,12,13). The van der Waals surface area contributed by atoms with Crippen molar-refractivity contribution in [3.8, 4) is 0 Å². The van der Waals surface area contributed by atoms with Gasteiger partial charge in [-0.25, -0.2) is 0 Å². The monoisotopic (exact) mass is 179 g/mol. The maximum atomic E-state index is 4.37. The highest BCUT2D eigenvalue weighted by molar-refractivity contribution is 5.29. The summed E-state index contributed by atoms with van der Waals surface area (Å²) in [6.07, 6.45) is 2.65. The molecule has 1 fully saturated rings. The van der Waals surface area contributed by atoms with Crippen molar-refractivity contribution in [2.24, 2.45) is 0 Å². The van der Waals surface area contributed by atoms with E-state index in [4.69, 9.17) is 0 Å². The van der Waals surface area contributed by atoms with E-state index in [9.17, 15) is 0 Å². The number of rotatable bonds is 4. The second-order valence-electron chi connectivity index (χ2n) is 3.77. The number of aromatic amines is 1. The molecule has 1 aromatic heterocycles. The Morgan fingerprint density at radius 1 is 1.54 bits per heavy atom. The first-order valence-corrected chi connectivity index (χ1v) is 5.07. The van der Waals surface area contributed by atoms with Gasteiger partial charge in [-0.2, -0.15) is 5.10 Å². The van der Waals surface area contributed by atoms with Crippen LogP contribution in [-0.2, 0) is 6.54 Å². The highest BCUT2D eigenvalue weighted by Gasteiger charge is 2.29. The normalized spacial score (nSPS) is 16.5. The van der Waals surface area contributed by atoms with Crippen molar-refractivity contribution in [2.75, 3.05) is 6.54 Å². The van der Waals surface area contributed by atoms with Crippen LogP contribution in [0.1, 0.15) is 42.6 Å². The second kappa shape index (κ2) is 3.50. The highest BCUT2D eigenvalue weighted by atomic mass is 15.1. The minimum Gasteiger partial charge on any atom is -0.313 e. The number of H-pyrrole nitrogens is 1. The number of hydrogen-bond acceptors (Lipinski definition) is 2. The van der Waals surface area contributed by atoms with Gasteiger partial charge in [-0.15, -0.1) is 0 Å². The molecule has 72 valence electrons. The average molecular weight is 179 g/mol. The van der Waals surface area contributed by atoms with Crippen LogP contribution in [0.2, 0.25) is 0 Å². The zero-order chi connectivity index (χ0) is 9.26. The van der Waals surface area contributed by atoms with Gasteiger partial charge >= 0.3 is 0 Å². The molecule has 2 rings (SSSR count). The number of hydrogen-bond donors (Lipinski definition) is 2. The predicted molar refractivity (Wildman–Crippen MR) is 52.7 cm³/mol. The lowest BCUT2D eigenvalue weighted by molar-refractivity contribution is 0.717. The van der Waals surface area contributed by atoms with Crippen molar-refractivity contribution in [1.82, 2.24) is 15.5 Å². The summed E-state index contributed by atoms with van der Waals surface area (Å²) >= 11 is 0. The molecule has 1 heterocycles. The Morgan fingerprint density at radius 2 is 2.31 bits per heavy atom. The second-order valence-corrected chi connectivity index (χ2v) is 3.77. The van der Waals surface area contributed by atoms with Gasteiger partial charge in [0.05, 0.1) is 5.69 Å². The lowest BCUT2D eigenvalue weighted by atomic mass is 10.1. The van der Waals surface area contributed by atoms with Gasteiger partial charge in [0.25, 0.3) is 0 Å². The van der Waals surface area contributed by atoms with Crippen LogP contribution < -0.4 is 5.32 Å². The van der Waals surface area contributed by atoms with Gasteiger partial charge in [0.2, 0.25) is 0 Å². The lowest BCUT2D eigenvalue weighted by Crippen LogP contribution is -2.13. The third-order valence-electron chi connectivity index (χ3n) is 2.62. The molecule has 2 N–H and O–H groups in total. The molecule has 1 aliphatic rings. The van der Waals surface area contributed by atoms with Gasteiger partial charge < -0.3 is 5.32 Å². The van der Waals surface area contributed by atoms with Gasteiger partial charge in [-0.3, -0.25) is 5.10 Å². The summed E-state index contributed by atoms with van der Waals surface area (Å²) in [5.74, 6) is 0.749. The summed E-state index contributed by atoms with van der Waals surface area (Å²) in [4.78, 5) is 0. The summed E-state index contributed by atoms with van der Waals surface area (Å²) in [7, 11) is 0. The fourth-order valence-corrected chi connectivity index (χ4v) is 1.64. The molecule has 3 heteroatoms. The van der Waals surface area contributed by atoms with Crippen molar-refractivity contribution < 1.29 is 0 Å². The summed E-state index contributed by atoms with van der Waals surface area (Å²) in [5.41, 5.74) is 3.92. The number of nitrogens with zero attached hydrogens (tertiary/aromatic N) is 1. The Morgan fingerprint density at radius 3 is 2.92 bits per heavy atom. The van der Waals surface area contributed by atoms with Gasteiger partial charge in [0, 0.05) is 23.7 Å². The van der Waals surface area contributed by atoms with Gasteiger partial charge in [-0.1, -0.05) is 6.92 Å². The van der Waals surface area contributed by atoms with E-state index in [-0.39, 0.29) is 0 Å². The molecule has 0 amide bonds. The summed E-state index contributed by atoms with van der Waals surface area (Å²) in [6, 6.07) is 0. The zero-order valence-electron chi connectivity index (χ0n) is 8.35. The van der Waals surface area contributed by atoms with Crippen LogP contribution in [0.25, 0.3) is 0 Å². The predicted octanol–water partition coefficient (Wildman–Crippen LogP) is 1.71. The van der Waals surface area contributed by atoms with Crippen LogP contribution in [0.15, 0.2) is 0 Å². The molecule has 0 aromatic carbocycles. The first-order chi connectivity index (χ1) is 6.33. The van der Waals surface area contributed by atoms with Crippen molar-refractivity contribution in [3.63, 3.8) is 0 Å². The van der Waals surface area contributed by atoms with Crippen LogP contribution >= 0.6 is 0 Å². The SMILES string of the molecule is CCNCc1c(C2CC2)n[nH]c1C. The van der Waals surface area contributed by atoms with E-state index in [1.54, 1.807) is 0 Å². The first kappa shape index (κ1) is 8.75. The molecule has 1 saturated carbocycles. The van der Waals surface area contributed by atoms with Crippen LogP contribution in [0.3, 0.4) is 0 Å². The fourth-order valence-electron chi connectivity index (χ4n) is 1.64. The van der Waals surface area contributed by atoms with Crippen molar-refractivity contribution in [2.45, 2.75) is 39.2 Å². The van der Waals surface area contributed by atoms with Crippen molar-refractivity contribution in [3.05, 3.63) is 17.0 Å². The first-order valence-electron chi connectivity index (χ1n) is 5.07. The summed E-state index contributed by atoms with van der Waals surface area (Å²) < 4.78 is 0. The average Bonchev–Trinajstić information content (AvgIpc) is 2.89. The Kier molecular flexibility index (Phi) is 2.36. The van der Waals surface area contributed by atoms with E-state index in [2.05, 4.69) is 29.4 Å². The molecule has 3 nitrogen and oxygen atoms in total. The van der Waals surface area contributed by atoms with Crippen LogP contribution in [0, 0.1) is 6.92 Å². The van der Waals surface area contributed by atoms with Crippen LogP contribution in [-0.4, -0.2) is 16.7 Å². The fraction of sp³-hybridized carbons (Fsp3) is 0.700. The highest BCUT2D eigenvalue weighted by Crippen LogP contribution is 2.41. The Labute approximate surface area is 78.9 Å². The maximum Gasteiger partial charge on any atom is 0.0700 e. The van der Waals surface area contributed by atoms with Crippen molar-refractivity contribution >= 4 is 0 Å². The number of aryl methyl sites for hydroxylation is 1.